The van der Waals surface area contributed by atoms with Crippen molar-refractivity contribution in [2.45, 2.75) is 65.5 Å². The van der Waals surface area contributed by atoms with E-state index in [4.69, 9.17) is 0 Å². The smallest absolute Gasteiger partial charge is 0.0687 e. The Morgan fingerprint density at radius 2 is 1.62 bits per heavy atom. The van der Waals surface area contributed by atoms with Crippen LogP contribution in [0.2, 0.25) is 11.1 Å². The highest BCUT2D eigenvalue weighted by Crippen LogP contribution is 2.31. The first-order valence-corrected chi connectivity index (χ1v) is 8.94. The minimum absolute atomic E-state index is 0.527. The van der Waals surface area contributed by atoms with Gasteiger partial charge in [-0.15, -0.1) is 0 Å². The van der Waals surface area contributed by atoms with Gasteiger partial charge in [0, 0.05) is 13.1 Å². The van der Waals surface area contributed by atoms with Gasteiger partial charge in [0.15, 0.2) is 0 Å². The molecule has 2 heteroatoms. The Balaban J connectivity index is 4.41. The molecule has 0 heterocycles. The third-order valence-corrected chi connectivity index (χ3v) is 7.21. The van der Waals surface area contributed by atoms with Crippen LogP contribution in [0.15, 0.2) is 11.9 Å². The maximum absolute atomic E-state index is 2.56. The van der Waals surface area contributed by atoms with Crippen LogP contribution in [0.4, 0.5) is 0 Å². The molecule has 0 spiro atoms. The van der Waals surface area contributed by atoms with E-state index in [1.165, 1.54) is 18.9 Å². The van der Waals surface area contributed by atoms with Gasteiger partial charge >= 0.3 is 0 Å². The predicted molar refractivity (Wildman–Crippen MR) is 78.6 cm³/mol. The summed E-state index contributed by atoms with van der Waals surface area (Å²) in [7, 11) is -0.746. The maximum atomic E-state index is 2.56. The zero-order chi connectivity index (χ0) is 12.6. The van der Waals surface area contributed by atoms with Gasteiger partial charge in [0.05, 0.1) is 8.80 Å². The molecule has 0 saturated heterocycles. The quantitative estimate of drug-likeness (QED) is 0.604. The highest BCUT2D eigenvalue weighted by atomic mass is 28.3. The number of hydrogen-bond acceptors (Lipinski definition) is 1. The largest absolute Gasteiger partial charge is 0.379 e. The Kier molecular flexibility index (Phi) is 7.82. The monoisotopic (exact) mass is 241 g/mol. The van der Waals surface area contributed by atoms with Crippen molar-refractivity contribution in [1.82, 2.24) is 4.90 Å². The lowest BCUT2D eigenvalue weighted by molar-refractivity contribution is 0.419. The van der Waals surface area contributed by atoms with Gasteiger partial charge in [0.25, 0.3) is 0 Å². The molecule has 1 atom stereocenters. The zero-order valence-electron chi connectivity index (χ0n) is 12.2. The Bertz CT molecular complexity index is 189. The number of hydrogen-bond donors (Lipinski definition) is 0. The van der Waals surface area contributed by atoms with Gasteiger partial charge in [-0.2, -0.15) is 0 Å². The maximum Gasteiger partial charge on any atom is 0.0687 e. The van der Waals surface area contributed by atoms with E-state index in [-0.39, 0.29) is 0 Å². The zero-order valence-corrected chi connectivity index (χ0v) is 13.4. The van der Waals surface area contributed by atoms with Crippen LogP contribution < -0.4 is 0 Å². The molecule has 0 amide bonds. The van der Waals surface area contributed by atoms with E-state index in [9.17, 15) is 0 Å². The lowest BCUT2D eigenvalue weighted by Gasteiger charge is -2.27. The summed E-state index contributed by atoms with van der Waals surface area (Å²) in [5.41, 5.74) is 2.56. The second-order valence-corrected chi connectivity index (χ2v) is 9.58. The van der Waals surface area contributed by atoms with Crippen molar-refractivity contribution in [3.63, 3.8) is 0 Å². The Morgan fingerprint density at radius 1 is 1.06 bits per heavy atom. The van der Waals surface area contributed by atoms with Gasteiger partial charge in [-0.25, -0.2) is 0 Å². The van der Waals surface area contributed by atoms with Gasteiger partial charge in [-0.1, -0.05) is 52.3 Å². The van der Waals surface area contributed by atoms with Gasteiger partial charge < -0.3 is 4.90 Å². The normalized spacial score (nSPS) is 14.4. The fraction of sp³-hybridized carbons (Fsp3) is 0.857. The molecule has 0 aromatic heterocycles. The summed E-state index contributed by atoms with van der Waals surface area (Å²) in [6, 6.07) is 1.46. The molecule has 1 unspecified atom stereocenters. The van der Waals surface area contributed by atoms with Gasteiger partial charge in [0.2, 0.25) is 0 Å². The summed E-state index contributed by atoms with van der Waals surface area (Å²) in [6.07, 6.45) is 5.09. The summed E-state index contributed by atoms with van der Waals surface area (Å²) in [5, 5.41) is 0.527. The van der Waals surface area contributed by atoms with Crippen LogP contribution in [-0.2, 0) is 0 Å². The van der Waals surface area contributed by atoms with Crippen LogP contribution in [-0.4, -0.2) is 26.8 Å². The molecular formula is C14H31NSi. The van der Waals surface area contributed by atoms with Crippen LogP contribution in [0.5, 0.6) is 0 Å². The van der Waals surface area contributed by atoms with E-state index in [0.717, 1.165) is 13.1 Å². The third kappa shape index (κ3) is 6.36. The summed E-state index contributed by atoms with van der Waals surface area (Å²) in [4.78, 5) is 2.40. The van der Waals surface area contributed by atoms with Gasteiger partial charge in [0.1, 0.15) is 0 Å². The van der Waals surface area contributed by atoms with Crippen LogP contribution >= 0.6 is 0 Å². The van der Waals surface area contributed by atoms with E-state index in [2.05, 4.69) is 58.3 Å². The lowest BCUT2D eigenvalue weighted by atomic mass is 10.2. The number of nitrogens with zero attached hydrogens (tertiary/aromatic N) is 1. The summed E-state index contributed by atoms with van der Waals surface area (Å²) >= 11 is 0. The second kappa shape index (κ2) is 7.94. The summed E-state index contributed by atoms with van der Waals surface area (Å²) < 4.78 is 0. The Hall–Kier alpha value is -0.243. The van der Waals surface area contributed by atoms with Crippen LogP contribution in [0, 0.1) is 0 Å². The van der Waals surface area contributed by atoms with Crippen LogP contribution in [0.25, 0.3) is 0 Å². The predicted octanol–water partition coefficient (Wildman–Crippen LogP) is 4.21. The van der Waals surface area contributed by atoms with E-state index < -0.39 is 8.80 Å². The molecule has 0 N–H and O–H groups in total. The molecule has 0 aliphatic rings. The molecule has 0 aliphatic heterocycles. The third-order valence-electron chi connectivity index (χ3n) is 3.32. The number of rotatable bonds is 7. The first-order valence-electron chi connectivity index (χ1n) is 6.88. The fourth-order valence-electron chi connectivity index (χ4n) is 1.90. The van der Waals surface area contributed by atoms with Crippen molar-refractivity contribution in [3.05, 3.63) is 11.9 Å². The molecule has 0 saturated carbocycles. The van der Waals surface area contributed by atoms with E-state index >= 15 is 0 Å². The average Bonchev–Trinajstić information content (AvgIpc) is 2.21. The highest BCUT2D eigenvalue weighted by Gasteiger charge is 2.23. The molecule has 0 radical (unpaired) electrons. The van der Waals surface area contributed by atoms with E-state index in [1.54, 1.807) is 0 Å². The first kappa shape index (κ1) is 15.8. The standard InChI is InChI=1S/C14H31NSi/c1-7-10-12-16(14(4,5)6)13-11-15(8-2)9-3/h11,13,16H,7-10,12H2,1-6H3. The van der Waals surface area contributed by atoms with Crippen molar-refractivity contribution in [1.29, 1.82) is 0 Å². The molecule has 0 bridgehead atoms. The minimum Gasteiger partial charge on any atom is -0.379 e. The van der Waals surface area contributed by atoms with Gasteiger partial charge in [-0.3, -0.25) is 0 Å². The molecule has 0 aromatic rings. The molecule has 16 heavy (non-hydrogen) atoms. The van der Waals surface area contributed by atoms with Gasteiger partial charge in [-0.05, 0) is 25.1 Å². The van der Waals surface area contributed by atoms with Crippen LogP contribution in [0.1, 0.15) is 54.4 Å². The molecule has 0 rings (SSSR count). The molecule has 0 aromatic carbocycles. The second-order valence-electron chi connectivity index (χ2n) is 5.68. The Morgan fingerprint density at radius 3 is 2.00 bits per heavy atom. The molecule has 0 fully saturated rings. The molecule has 1 nitrogen and oxygen atoms in total. The van der Waals surface area contributed by atoms with E-state index in [0.29, 0.717) is 5.04 Å². The first-order chi connectivity index (χ1) is 7.45. The van der Waals surface area contributed by atoms with Crippen LogP contribution in [0.3, 0.4) is 0 Å². The summed E-state index contributed by atoms with van der Waals surface area (Å²) in [5.74, 6) is 0. The molecule has 0 aliphatic carbocycles. The summed E-state index contributed by atoms with van der Waals surface area (Å²) in [6.45, 7) is 16.2. The van der Waals surface area contributed by atoms with Crippen molar-refractivity contribution in [2.24, 2.45) is 0 Å². The van der Waals surface area contributed by atoms with Crippen molar-refractivity contribution in [2.75, 3.05) is 13.1 Å². The molecular weight excluding hydrogens is 210 g/mol. The fourth-order valence-corrected chi connectivity index (χ4v) is 4.84. The SMILES string of the molecule is CCCC[SiH](C=CN(CC)CC)C(C)(C)C. The van der Waals surface area contributed by atoms with E-state index in [1.807, 2.05) is 0 Å². The highest BCUT2D eigenvalue weighted by molar-refractivity contribution is 6.67. The molecule has 96 valence electrons. The number of unbranched alkanes of at least 4 members (excludes halogenated alkanes) is 1. The Labute approximate surface area is 105 Å². The average molecular weight is 241 g/mol. The lowest BCUT2D eigenvalue weighted by Crippen LogP contribution is -2.25. The van der Waals surface area contributed by atoms with Crippen molar-refractivity contribution < 1.29 is 0 Å². The van der Waals surface area contributed by atoms with Crippen molar-refractivity contribution >= 4 is 8.80 Å². The topological polar surface area (TPSA) is 3.24 Å². The van der Waals surface area contributed by atoms with Crippen molar-refractivity contribution in [3.8, 4) is 0 Å². The minimum atomic E-state index is -0.746.